The van der Waals surface area contributed by atoms with Crippen LogP contribution in [0, 0.1) is 17.0 Å². The number of aromatic nitrogens is 1. The number of nitrogens with zero attached hydrogens (tertiary/aromatic N) is 2. The number of pyridine rings is 1. The molecule has 0 saturated carbocycles. The first kappa shape index (κ1) is 11.1. The molecule has 0 aliphatic heterocycles. The molecule has 0 aliphatic carbocycles. The van der Waals surface area contributed by atoms with Crippen LogP contribution in [-0.4, -0.2) is 9.91 Å². The number of ether oxygens (including phenoxy) is 1. The van der Waals surface area contributed by atoms with E-state index in [9.17, 15) is 10.1 Å². The summed E-state index contributed by atoms with van der Waals surface area (Å²) in [5.41, 5.74) is 0.639. The van der Waals surface area contributed by atoms with E-state index in [2.05, 4.69) is 4.98 Å². The molecule has 1 aromatic carbocycles. The van der Waals surface area contributed by atoms with Crippen molar-refractivity contribution in [2.24, 2.45) is 0 Å². The SMILES string of the molecule is Cc1cccc([N+](=O)[O-])c1Oc1ccccn1. The molecule has 0 unspecified atom stereocenters. The van der Waals surface area contributed by atoms with E-state index in [0.29, 0.717) is 11.4 Å². The molecule has 0 saturated heterocycles. The molecule has 1 aromatic heterocycles. The summed E-state index contributed by atoms with van der Waals surface area (Å²) in [7, 11) is 0. The molecule has 0 radical (unpaired) electrons. The predicted molar refractivity (Wildman–Crippen MR) is 62.1 cm³/mol. The number of benzene rings is 1. The second kappa shape index (κ2) is 4.61. The fraction of sp³-hybridized carbons (Fsp3) is 0.0833. The van der Waals surface area contributed by atoms with E-state index in [1.54, 1.807) is 43.5 Å². The van der Waals surface area contributed by atoms with E-state index >= 15 is 0 Å². The van der Waals surface area contributed by atoms with E-state index in [0.717, 1.165) is 0 Å². The number of para-hydroxylation sites is 1. The van der Waals surface area contributed by atoms with Gasteiger partial charge in [0.05, 0.1) is 4.92 Å². The average Bonchev–Trinajstić information content (AvgIpc) is 2.33. The summed E-state index contributed by atoms with van der Waals surface area (Å²) >= 11 is 0. The van der Waals surface area contributed by atoms with Crippen LogP contribution in [0.2, 0.25) is 0 Å². The molecule has 0 aliphatic rings. The summed E-state index contributed by atoms with van der Waals surface area (Å²) in [4.78, 5) is 14.4. The van der Waals surface area contributed by atoms with Crippen molar-refractivity contribution in [2.45, 2.75) is 6.92 Å². The highest BCUT2D eigenvalue weighted by Crippen LogP contribution is 2.33. The molecular weight excluding hydrogens is 220 g/mol. The minimum Gasteiger partial charge on any atom is -0.432 e. The third-order valence-electron chi connectivity index (χ3n) is 2.23. The fourth-order valence-corrected chi connectivity index (χ4v) is 1.43. The molecule has 0 spiro atoms. The van der Waals surface area contributed by atoms with Gasteiger partial charge in [-0.05, 0) is 18.6 Å². The molecule has 2 aromatic rings. The number of nitro groups is 1. The number of aryl methyl sites for hydroxylation is 1. The van der Waals surface area contributed by atoms with Crippen LogP contribution >= 0.6 is 0 Å². The van der Waals surface area contributed by atoms with Crippen molar-refractivity contribution >= 4 is 5.69 Å². The highest BCUT2D eigenvalue weighted by atomic mass is 16.6. The van der Waals surface area contributed by atoms with Crippen LogP contribution in [-0.2, 0) is 0 Å². The third-order valence-corrected chi connectivity index (χ3v) is 2.23. The Labute approximate surface area is 97.8 Å². The molecule has 0 atom stereocenters. The van der Waals surface area contributed by atoms with Crippen LogP contribution in [0.15, 0.2) is 42.6 Å². The van der Waals surface area contributed by atoms with E-state index in [-0.39, 0.29) is 11.4 Å². The van der Waals surface area contributed by atoms with Gasteiger partial charge in [-0.1, -0.05) is 18.2 Å². The van der Waals surface area contributed by atoms with Crippen LogP contribution in [0.1, 0.15) is 5.56 Å². The topological polar surface area (TPSA) is 65.3 Å². The number of hydrogen-bond acceptors (Lipinski definition) is 4. The van der Waals surface area contributed by atoms with Gasteiger partial charge in [-0.15, -0.1) is 0 Å². The van der Waals surface area contributed by atoms with Crippen LogP contribution in [0.4, 0.5) is 5.69 Å². The van der Waals surface area contributed by atoms with E-state index < -0.39 is 4.92 Å². The molecule has 0 bridgehead atoms. The Hall–Kier alpha value is -2.43. The first-order chi connectivity index (χ1) is 8.18. The van der Waals surface area contributed by atoms with Crippen LogP contribution < -0.4 is 4.74 Å². The average molecular weight is 230 g/mol. The molecule has 17 heavy (non-hydrogen) atoms. The third kappa shape index (κ3) is 2.39. The monoisotopic (exact) mass is 230 g/mol. The van der Waals surface area contributed by atoms with Crippen molar-refractivity contribution in [3.05, 3.63) is 58.3 Å². The van der Waals surface area contributed by atoms with Crippen molar-refractivity contribution < 1.29 is 9.66 Å². The standard InChI is InChI=1S/C12H10N2O3/c1-9-5-4-6-10(14(15)16)12(9)17-11-7-2-3-8-13-11/h2-8H,1H3. The Kier molecular flexibility index (Phi) is 3.00. The maximum Gasteiger partial charge on any atom is 0.311 e. The zero-order valence-electron chi connectivity index (χ0n) is 9.16. The maximum absolute atomic E-state index is 10.9. The van der Waals surface area contributed by atoms with Gasteiger partial charge in [0.15, 0.2) is 0 Å². The largest absolute Gasteiger partial charge is 0.432 e. The van der Waals surface area contributed by atoms with Gasteiger partial charge >= 0.3 is 5.69 Å². The maximum atomic E-state index is 10.9. The lowest BCUT2D eigenvalue weighted by molar-refractivity contribution is -0.385. The molecule has 5 heteroatoms. The number of hydrogen-bond donors (Lipinski definition) is 0. The van der Waals surface area contributed by atoms with Gasteiger partial charge in [-0.2, -0.15) is 0 Å². The number of nitro benzene ring substituents is 1. The van der Waals surface area contributed by atoms with Crippen molar-refractivity contribution in [3.8, 4) is 11.6 Å². The van der Waals surface area contributed by atoms with Gasteiger partial charge in [0, 0.05) is 18.3 Å². The van der Waals surface area contributed by atoms with E-state index in [1.807, 2.05) is 0 Å². The molecule has 5 nitrogen and oxygen atoms in total. The van der Waals surface area contributed by atoms with Crippen molar-refractivity contribution in [1.29, 1.82) is 0 Å². The molecule has 0 fully saturated rings. The molecule has 0 amide bonds. The van der Waals surface area contributed by atoms with Crippen molar-refractivity contribution in [1.82, 2.24) is 4.98 Å². The van der Waals surface area contributed by atoms with Crippen LogP contribution in [0.3, 0.4) is 0 Å². The van der Waals surface area contributed by atoms with Gasteiger partial charge in [0.2, 0.25) is 11.6 Å². The first-order valence-corrected chi connectivity index (χ1v) is 5.01. The number of rotatable bonds is 3. The molecule has 0 N–H and O–H groups in total. The zero-order valence-corrected chi connectivity index (χ0v) is 9.16. The Morgan fingerprint density at radius 1 is 1.24 bits per heavy atom. The normalized spacial score (nSPS) is 9.94. The van der Waals surface area contributed by atoms with Crippen molar-refractivity contribution in [2.75, 3.05) is 0 Å². The molecule has 86 valence electrons. The van der Waals surface area contributed by atoms with Gasteiger partial charge in [0.1, 0.15) is 0 Å². The first-order valence-electron chi connectivity index (χ1n) is 5.01. The highest BCUT2D eigenvalue weighted by molar-refractivity contribution is 5.52. The van der Waals surface area contributed by atoms with Crippen LogP contribution in [0.5, 0.6) is 11.6 Å². The summed E-state index contributed by atoms with van der Waals surface area (Å²) in [5.74, 6) is 0.570. The summed E-state index contributed by atoms with van der Waals surface area (Å²) < 4.78 is 5.45. The lowest BCUT2D eigenvalue weighted by atomic mass is 10.2. The summed E-state index contributed by atoms with van der Waals surface area (Å²) in [6, 6.07) is 9.94. The quantitative estimate of drug-likeness (QED) is 0.600. The summed E-state index contributed by atoms with van der Waals surface area (Å²) in [6.45, 7) is 1.76. The Balaban J connectivity index is 2.41. The molecule has 2 rings (SSSR count). The van der Waals surface area contributed by atoms with Gasteiger partial charge < -0.3 is 4.74 Å². The predicted octanol–water partition coefficient (Wildman–Crippen LogP) is 3.09. The van der Waals surface area contributed by atoms with E-state index in [4.69, 9.17) is 4.74 Å². The molecular formula is C12H10N2O3. The second-order valence-corrected chi connectivity index (χ2v) is 3.45. The minimum atomic E-state index is -0.467. The van der Waals surface area contributed by atoms with Crippen molar-refractivity contribution in [3.63, 3.8) is 0 Å². The summed E-state index contributed by atoms with van der Waals surface area (Å²) in [6.07, 6.45) is 1.57. The van der Waals surface area contributed by atoms with E-state index in [1.165, 1.54) is 6.07 Å². The molecule has 1 heterocycles. The van der Waals surface area contributed by atoms with Gasteiger partial charge in [0.25, 0.3) is 0 Å². The Morgan fingerprint density at radius 2 is 2.06 bits per heavy atom. The Bertz CT molecular complexity index is 541. The lowest BCUT2D eigenvalue weighted by Crippen LogP contribution is -1.96. The highest BCUT2D eigenvalue weighted by Gasteiger charge is 2.17. The second-order valence-electron chi connectivity index (χ2n) is 3.45. The van der Waals surface area contributed by atoms with Gasteiger partial charge in [-0.25, -0.2) is 4.98 Å². The van der Waals surface area contributed by atoms with Gasteiger partial charge in [-0.3, -0.25) is 10.1 Å². The van der Waals surface area contributed by atoms with Crippen LogP contribution in [0.25, 0.3) is 0 Å². The summed E-state index contributed by atoms with van der Waals surface area (Å²) in [5, 5.41) is 10.9. The fourth-order valence-electron chi connectivity index (χ4n) is 1.43. The Morgan fingerprint density at radius 3 is 2.71 bits per heavy atom. The lowest BCUT2D eigenvalue weighted by Gasteiger charge is -2.07. The zero-order chi connectivity index (χ0) is 12.3. The minimum absolute atomic E-state index is 0.0596. The smallest absolute Gasteiger partial charge is 0.311 e.